The largest absolute Gasteiger partial charge is 0.330 e. The average molecular weight is 329 g/mol. The molecule has 0 fully saturated rings. The fourth-order valence-electron chi connectivity index (χ4n) is 1.36. The Morgan fingerprint density at radius 1 is 1.25 bits per heavy atom. The highest BCUT2D eigenvalue weighted by Gasteiger charge is 2.07. The molecule has 0 aliphatic heterocycles. The Balaban J connectivity index is 1.90. The normalized spacial score (nSPS) is 11.5. The molecule has 0 spiro atoms. The van der Waals surface area contributed by atoms with Gasteiger partial charge in [0, 0.05) is 17.7 Å². The molecule has 0 aliphatic rings. The fourth-order valence-corrected chi connectivity index (χ4v) is 4.40. The first-order valence-corrected chi connectivity index (χ1v) is 9.76. The number of thioether (sulfide) groups is 1. The third-order valence-electron chi connectivity index (χ3n) is 2.39. The molecule has 0 unspecified atom stereocenters. The van der Waals surface area contributed by atoms with E-state index in [9.17, 15) is 8.42 Å². The van der Waals surface area contributed by atoms with E-state index in [0.29, 0.717) is 10.9 Å². The maximum atomic E-state index is 11.0. The number of nitrogens with zero attached hydrogens (tertiary/aromatic N) is 2. The Labute approximate surface area is 126 Å². The van der Waals surface area contributed by atoms with Crippen molar-refractivity contribution >= 4 is 43.8 Å². The maximum absolute atomic E-state index is 11.0. The predicted octanol–water partition coefficient (Wildman–Crippen LogP) is 2.73. The molecule has 0 amide bonds. The average Bonchev–Trinajstić information content (AvgIpc) is 2.78. The van der Waals surface area contributed by atoms with Gasteiger partial charge in [0.2, 0.25) is 5.13 Å². The van der Waals surface area contributed by atoms with Crippen LogP contribution in [0.25, 0.3) is 0 Å². The lowest BCUT2D eigenvalue weighted by atomic mass is 10.2. The van der Waals surface area contributed by atoms with Crippen LogP contribution in [0.3, 0.4) is 0 Å². The van der Waals surface area contributed by atoms with Crippen LogP contribution in [0.1, 0.15) is 5.56 Å². The highest BCUT2D eigenvalue weighted by atomic mass is 32.2. The Bertz CT molecular complexity index is 666. The van der Waals surface area contributed by atoms with Crippen molar-refractivity contribution in [3.05, 3.63) is 29.8 Å². The van der Waals surface area contributed by atoms with E-state index in [1.54, 1.807) is 0 Å². The minimum Gasteiger partial charge on any atom is -0.330 e. The van der Waals surface area contributed by atoms with Crippen LogP contribution in [0.4, 0.5) is 10.8 Å². The summed E-state index contributed by atoms with van der Waals surface area (Å²) in [6.45, 7) is 2.03. The van der Waals surface area contributed by atoms with Crippen LogP contribution in [0, 0.1) is 6.92 Å². The topological polar surface area (TPSA) is 72.0 Å². The quantitative estimate of drug-likeness (QED) is 0.822. The monoisotopic (exact) mass is 329 g/mol. The molecule has 0 aliphatic carbocycles. The number of hydrogen-bond acceptors (Lipinski definition) is 7. The highest BCUT2D eigenvalue weighted by molar-refractivity contribution is 8.02. The van der Waals surface area contributed by atoms with Gasteiger partial charge in [0.1, 0.15) is 9.84 Å². The van der Waals surface area contributed by atoms with Gasteiger partial charge in [0.25, 0.3) is 0 Å². The van der Waals surface area contributed by atoms with E-state index in [0.717, 1.165) is 10.0 Å². The van der Waals surface area contributed by atoms with E-state index in [1.165, 1.54) is 34.9 Å². The van der Waals surface area contributed by atoms with Gasteiger partial charge in [-0.3, -0.25) is 0 Å². The second-order valence-corrected chi connectivity index (χ2v) is 8.92. The van der Waals surface area contributed by atoms with Gasteiger partial charge < -0.3 is 5.32 Å². The summed E-state index contributed by atoms with van der Waals surface area (Å²) < 4.78 is 22.8. The Morgan fingerprint density at radius 3 is 2.60 bits per heavy atom. The molecule has 0 radical (unpaired) electrons. The smallest absolute Gasteiger partial charge is 0.210 e. The molecule has 108 valence electrons. The molecule has 0 bridgehead atoms. The first-order chi connectivity index (χ1) is 9.42. The number of hydrogen-bond donors (Lipinski definition) is 1. The zero-order valence-electron chi connectivity index (χ0n) is 11.2. The van der Waals surface area contributed by atoms with Gasteiger partial charge in [-0.2, -0.15) is 0 Å². The first-order valence-electron chi connectivity index (χ1n) is 5.90. The standard InChI is InChI=1S/C12H15N3O2S3/c1-9-3-5-10(6-4-9)13-11-14-15-12(19-11)18-7-8-20(2,16)17/h3-6H,7-8H2,1-2H3,(H,13,14). The third kappa shape index (κ3) is 5.10. The molecular formula is C12H15N3O2S3. The summed E-state index contributed by atoms with van der Waals surface area (Å²) in [4.78, 5) is 0. The number of aryl methyl sites for hydroxylation is 1. The molecule has 5 nitrogen and oxygen atoms in total. The van der Waals surface area contributed by atoms with Gasteiger partial charge in [0.15, 0.2) is 4.34 Å². The number of rotatable bonds is 6. The number of sulfone groups is 1. The number of nitrogens with one attached hydrogen (secondary N) is 1. The van der Waals surface area contributed by atoms with E-state index >= 15 is 0 Å². The van der Waals surface area contributed by atoms with Crippen LogP contribution in [-0.4, -0.2) is 36.4 Å². The summed E-state index contributed by atoms with van der Waals surface area (Å²) in [6, 6.07) is 8.00. The van der Waals surface area contributed by atoms with Crippen molar-refractivity contribution in [3.63, 3.8) is 0 Å². The zero-order valence-corrected chi connectivity index (χ0v) is 13.6. The summed E-state index contributed by atoms with van der Waals surface area (Å²) in [6.07, 6.45) is 1.23. The molecule has 0 saturated carbocycles. The summed E-state index contributed by atoms with van der Waals surface area (Å²) in [5, 5.41) is 11.9. The summed E-state index contributed by atoms with van der Waals surface area (Å²) in [7, 11) is -2.92. The fraction of sp³-hybridized carbons (Fsp3) is 0.333. The van der Waals surface area contributed by atoms with Crippen molar-refractivity contribution in [2.75, 3.05) is 23.1 Å². The van der Waals surface area contributed by atoms with Gasteiger partial charge in [0.05, 0.1) is 5.75 Å². The molecule has 1 N–H and O–H groups in total. The van der Waals surface area contributed by atoms with Crippen molar-refractivity contribution in [1.82, 2.24) is 10.2 Å². The van der Waals surface area contributed by atoms with E-state index in [2.05, 4.69) is 15.5 Å². The minimum absolute atomic E-state index is 0.151. The second kappa shape index (κ2) is 6.55. The van der Waals surface area contributed by atoms with Gasteiger partial charge >= 0.3 is 0 Å². The van der Waals surface area contributed by atoms with Crippen LogP contribution >= 0.6 is 23.1 Å². The third-order valence-corrected chi connectivity index (χ3v) is 5.57. The van der Waals surface area contributed by atoms with Crippen molar-refractivity contribution in [2.24, 2.45) is 0 Å². The van der Waals surface area contributed by atoms with Crippen LogP contribution in [0.2, 0.25) is 0 Å². The first kappa shape index (κ1) is 15.3. The molecule has 8 heteroatoms. The van der Waals surface area contributed by atoms with Crippen molar-refractivity contribution in [3.8, 4) is 0 Å². The lowest BCUT2D eigenvalue weighted by molar-refractivity contribution is 0.603. The SMILES string of the molecule is Cc1ccc(Nc2nnc(SCCS(C)(=O)=O)s2)cc1. The number of aromatic nitrogens is 2. The van der Waals surface area contributed by atoms with E-state index < -0.39 is 9.84 Å². The van der Waals surface area contributed by atoms with Crippen molar-refractivity contribution < 1.29 is 8.42 Å². The molecule has 20 heavy (non-hydrogen) atoms. The van der Waals surface area contributed by atoms with E-state index in [-0.39, 0.29) is 5.75 Å². The highest BCUT2D eigenvalue weighted by Crippen LogP contribution is 2.27. The molecule has 1 aromatic heterocycles. The maximum Gasteiger partial charge on any atom is 0.210 e. The van der Waals surface area contributed by atoms with Gasteiger partial charge in [-0.15, -0.1) is 10.2 Å². The molecule has 2 rings (SSSR count). The molecule has 0 atom stereocenters. The Morgan fingerprint density at radius 2 is 1.95 bits per heavy atom. The predicted molar refractivity (Wildman–Crippen MR) is 84.8 cm³/mol. The van der Waals surface area contributed by atoms with E-state index in [4.69, 9.17) is 0 Å². The summed E-state index contributed by atoms with van der Waals surface area (Å²) in [5.74, 6) is 0.649. The lowest BCUT2D eigenvalue weighted by Crippen LogP contribution is -2.04. The van der Waals surface area contributed by atoms with Crippen LogP contribution in [-0.2, 0) is 9.84 Å². The lowest BCUT2D eigenvalue weighted by Gasteiger charge is -2.01. The van der Waals surface area contributed by atoms with Gasteiger partial charge in [-0.1, -0.05) is 40.8 Å². The van der Waals surface area contributed by atoms with Crippen molar-refractivity contribution in [2.45, 2.75) is 11.3 Å². The molecule has 1 heterocycles. The molecular weight excluding hydrogens is 314 g/mol. The Hall–Kier alpha value is -1.12. The van der Waals surface area contributed by atoms with Gasteiger partial charge in [-0.25, -0.2) is 8.42 Å². The molecule has 2 aromatic rings. The number of anilines is 2. The Kier molecular flexibility index (Phi) is 5.00. The van der Waals surface area contributed by atoms with E-state index in [1.807, 2.05) is 31.2 Å². The second-order valence-electron chi connectivity index (χ2n) is 4.34. The summed E-state index contributed by atoms with van der Waals surface area (Å²) in [5.41, 5.74) is 2.16. The van der Waals surface area contributed by atoms with Gasteiger partial charge in [-0.05, 0) is 19.1 Å². The number of benzene rings is 1. The molecule has 1 aromatic carbocycles. The summed E-state index contributed by atoms with van der Waals surface area (Å²) >= 11 is 2.82. The molecule has 0 saturated heterocycles. The van der Waals surface area contributed by atoms with Crippen LogP contribution in [0.5, 0.6) is 0 Å². The van der Waals surface area contributed by atoms with Crippen LogP contribution < -0.4 is 5.32 Å². The van der Waals surface area contributed by atoms with Crippen LogP contribution in [0.15, 0.2) is 28.6 Å². The minimum atomic E-state index is -2.92. The zero-order chi connectivity index (χ0) is 14.6. The van der Waals surface area contributed by atoms with Crippen molar-refractivity contribution in [1.29, 1.82) is 0 Å².